The molecule has 0 aliphatic carbocycles. The Hall–Kier alpha value is -2.12. The molecule has 6 nitrogen and oxygen atoms in total. The van der Waals surface area contributed by atoms with Crippen molar-refractivity contribution in [2.75, 3.05) is 11.9 Å². The molecule has 0 atom stereocenters. The Labute approximate surface area is 129 Å². The van der Waals surface area contributed by atoms with Gasteiger partial charge in [0, 0.05) is 25.6 Å². The Balaban J connectivity index is 1.88. The third kappa shape index (κ3) is 4.71. The number of hydrogen-bond donors (Lipinski definition) is 2. The van der Waals surface area contributed by atoms with Gasteiger partial charge < -0.3 is 9.73 Å². The maximum absolute atomic E-state index is 12.1. The average Bonchev–Trinajstić information content (AvgIpc) is 2.97. The first-order valence-corrected chi connectivity index (χ1v) is 8.35. The fourth-order valence-electron chi connectivity index (χ4n) is 1.93. The van der Waals surface area contributed by atoms with Gasteiger partial charge in [0.05, 0.1) is 11.2 Å². The third-order valence-electron chi connectivity index (χ3n) is 2.96. The molecule has 7 heteroatoms. The molecule has 0 bridgehead atoms. The fourth-order valence-corrected chi connectivity index (χ4v) is 3.00. The second kappa shape index (κ2) is 7.24. The molecular formula is C15H18N2O4S. The van der Waals surface area contributed by atoms with Crippen molar-refractivity contribution >= 4 is 21.6 Å². The van der Waals surface area contributed by atoms with E-state index in [1.165, 1.54) is 19.1 Å². The number of carbonyl (C=O) groups excluding carboxylic acids is 1. The molecule has 0 aliphatic rings. The van der Waals surface area contributed by atoms with Crippen molar-refractivity contribution < 1.29 is 17.6 Å². The van der Waals surface area contributed by atoms with Crippen LogP contribution in [-0.4, -0.2) is 20.9 Å². The van der Waals surface area contributed by atoms with E-state index in [-0.39, 0.29) is 10.8 Å². The standard InChI is InChI=1S/C15H18N2O4S/c1-12(18)17-13-6-8-15(9-7-13)22(19,20)16-10-2-4-14-5-3-11-21-14/h3,5-9,11,16H,2,4,10H2,1H3,(H,17,18). The van der Waals surface area contributed by atoms with Crippen molar-refractivity contribution in [1.29, 1.82) is 0 Å². The maximum Gasteiger partial charge on any atom is 0.240 e. The van der Waals surface area contributed by atoms with Crippen molar-refractivity contribution in [3.8, 4) is 0 Å². The number of benzene rings is 1. The molecule has 118 valence electrons. The molecule has 0 unspecified atom stereocenters. The Bertz CT molecular complexity index is 707. The SMILES string of the molecule is CC(=O)Nc1ccc(S(=O)(=O)NCCCc2ccco2)cc1. The minimum atomic E-state index is -3.54. The first-order chi connectivity index (χ1) is 10.5. The van der Waals surface area contributed by atoms with Gasteiger partial charge in [0.2, 0.25) is 15.9 Å². The van der Waals surface area contributed by atoms with Crippen molar-refractivity contribution in [1.82, 2.24) is 4.72 Å². The van der Waals surface area contributed by atoms with Crippen LogP contribution in [0.2, 0.25) is 0 Å². The second-order valence-electron chi connectivity index (χ2n) is 4.79. The van der Waals surface area contributed by atoms with Gasteiger partial charge in [-0.1, -0.05) is 0 Å². The van der Waals surface area contributed by atoms with Crippen LogP contribution in [0.25, 0.3) is 0 Å². The van der Waals surface area contributed by atoms with Gasteiger partial charge in [0.25, 0.3) is 0 Å². The normalized spacial score (nSPS) is 11.3. The maximum atomic E-state index is 12.1. The Morgan fingerprint density at radius 3 is 2.50 bits per heavy atom. The number of hydrogen-bond acceptors (Lipinski definition) is 4. The zero-order chi connectivity index (χ0) is 16.0. The quantitative estimate of drug-likeness (QED) is 0.765. The third-order valence-corrected chi connectivity index (χ3v) is 4.43. The minimum absolute atomic E-state index is 0.166. The van der Waals surface area contributed by atoms with Crippen molar-refractivity contribution in [3.63, 3.8) is 0 Å². The van der Waals surface area contributed by atoms with E-state index in [4.69, 9.17) is 4.42 Å². The van der Waals surface area contributed by atoms with E-state index in [1.54, 1.807) is 24.5 Å². The lowest BCUT2D eigenvalue weighted by molar-refractivity contribution is -0.114. The zero-order valence-corrected chi connectivity index (χ0v) is 13.0. The van der Waals surface area contributed by atoms with Crippen LogP contribution >= 0.6 is 0 Å². The molecule has 2 aromatic rings. The Kier molecular flexibility index (Phi) is 5.35. The number of sulfonamides is 1. The molecule has 2 rings (SSSR count). The zero-order valence-electron chi connectivity index (χ0n) is 12.2. The lowest BCUT2D eigenvalue weighted by Crippen LogP contribution is -2.25. The first kappa shape index (κ1) is 16.3. The number of rotatable bonds is 7. The van der Waals surface area contributed by atoms with E-state index in [1.807, 2.05) is 6.07 Å². The van der Waals surface area contributed by atoms with Crippen LogP contribution in [0.5, 0.6) is 0 Å². The molecule has 1 aromatic carbocycles. The number of carbonyl (C=O) groups is 1. The van der Waals surface area contributed by atoms with Crippen molar-refractivity contribution in [3.05, 3.63) is 48.4 Å². The number of furan rings is 1. The highest BCUT2D eigenvalue weighted by Gasteiger charge is 2.13. The van der Waals surface area contributed by atoms with Crippen LogP contribution in [0, 0.1) is 0 Å². The van der Waals surface area contributed by atoms with Gasteiger partial charge in [-0.05, 0) is 42.8 Å². The smallest absolute Gasteiger partial charge is 0.240 e. The van der Waals surface area contributed by atoms with Crippen LogP contribution in [0.4, 0.5) is 5.69 Å². The predicted octanol–water partition coefficient (Wildman–Crippen LogP) is 2.15. The lowest BCUT2D eigenvalue weighted by Gasteiger charge is -2.07. The summed E-state index contributed by atoms with van der Waals surface area (Å²) in [7, 11) is -3.54. The van der Waals surface area contributed by atoms with Gasteiger partial charge in [-0.15, -0.1) is 0 Å². The molecule has 22 heavy (non-hydrogen) atoms. The summed E-state index contributed by atoms with van der Waals surface area (Å²) in [6, 6.07) is 9.68. The van der Waals surface area contributed by atoms with Gasteiger partial charge in [-0.3, -0.25) is 4.79 Å². The molecule has 0 spiro atoms. The first-order valence-electron chi connectivity index (χ1n) is 6.87. The van der Waals surface area contributed by atoms with Crippen molar-refractivity contribution in [2.45, 2.75) is 24.7 Å². The van der Waals surface area contributed by atoms with E-state index in [2.05, 4.69) is 10.0 Å². The highest BCUT2D eigenvalue weighted by molar-refractivity contribution is 7.89. The van der Waals surface area contributed by atoms with Crippen LogP contribution in [0.15, 0.2) is 52.0 Å². The molecule has 0 saturated heterocycles. The van der Waals surface area contributed by atoms with E-state index < -0.39 is 10.0 Å². The summed E-state index contributed by atoms with van der Waals surface area (Å²) in [5.41, 5.74) is 0.560. The molecule has 0 radical (unpaired) electrons. The Morgan fingerprint density at radius 1 is 1.18 bits per heavy atom. The van der Waals surface area contributed by atoms with Gasteiger partial charge in [-0.2, -0.15) is 0 Å². The second-order valence-corrected chi connectivity index (χ2v) is 6.55. The summed E-state index contributed by atoms with van der Waals surface area (Å²) in [6.45, 7) is 1.72. The number of amides is 1. The van der Waals surface area contributed by atoms with E-state index >= 15 is 0 Å². The summed E-state index contributed by atoms with van der Waals surface area (Å²) in [5.74, 6) is 0.630. The van der Waals surface area contributed by atoms with Crippen LogP contribution in [0.1, 0.15) is 19.1 Å². The number of aryl methyl sites for hydroxylation is 1. The predicted molar refractivity (Wildman–Crippen MR) is 83.0 cm³/mol. The fraction of sp³-hybridized carbons (Fsp3) is 0.267. The minimum Gasteiger partial charge on any atom is -0.469 e. The van der Waals surface area contributed by atoms with Gasteiger partial charge in [0.15, 0.2) is 0 Å². The highest BCUT2D eigenvalue weighted by atomic mass is 32.2. The molecule has 1 aromatic heterocycles. The highest BCUT2D eigenvalue weighted by Crippen LogP contribution is 2.14. The monoisotopic (exact) mass is 322 g/mol. The summed E-state index contributed by atoms with van der Waals surface area (Å²) < 4.78 is 31.9. The topological polar surface area (TPSA) is 88.4 Å². The molecule has 0 aliphatic heterocycles. The van der Waals surface area contributed by atoms with Gasteiger partial charge in [0.1, 0.15) is 5.76 Å². The largest absolute Gasteiger partial charge is 0.469 e. The number of anilines is 1. The van der Waals surface area contributed by atoms with Gasteiger partial charge >= 0.3 is 0 Å². The number of nitrogens with one attached hydrogen (secondary N) is 2. The van der Waals surface area contributed by atoms with Crippen LogP contribution in [-0.2, 0) is 21.2 Å². The van der Waals surface area contributed by atoms with E-state index in [9.17, 15) is 13.2 Å². The molecule has 0 fully saturated rings. The lowest BCUT2D eigenvalue weighted by atomic mass is 10.2. The van der Waals surface area contributed by atoms with Crippen LogP contribution in [0.3, 0.4) is 0 Å². The molecule has 2 N–H and O–H groups in total. The molecule has 0 saturated carbocycles. The van der Waals surface area contributed by atoms with Crippen molar-refractivity contribution in [2.24, 2.45) is 0 Å². The average molecular weight is 322 g/mol. The Morgan fingerprint density at radius 2 is 1.91 bits per heavy atom. The molecule has 1 heterocycles. The summed E-state index contributed by atoms with van der Waals surface area (Å²) in [4.78, 5) is 11.1. The van der Waals surface area contributed by atoms with Gasteiger partial charge in [-0.25, -0.2) is 13.1 Å². The molecule has 1 amide bonds. The van der Waals surface area contributed by atoms with E-state index in [0.717, 1.165) is 5.76 Å². The molecular weight excluding hydrogens is 304 g/mol. The van der Waals surface area contributed by atoms with E-state index in [0.29, 0.717) is 25.1 Å². The summed E-state index contributed by atoms with van der Waals surface area (Å²) in [5, 5.41) is 2.59. The summed E-state index contributed by atoms with van der Waals surface area (Å²) >= 11 is 0. The summed E-state index contributed by atoms with van der Waals surface area (Å²) in [6.07, 6.45) is 2.92. The van der Waals surface area contributed by atoms with Crippen LogP contribution < -0.4 is 10.0 Å².